The summed E-state index contributed by atoms with van der Waals surface area (Å²) in [5.74, 6) is -0.127. The van der Waals surface area contributed by atoms with Crippen molar-refractivity contribution < 1.29 is 18.3 Å². The fraction of sp³-hybridized carbons (Fsp3) is 0.333. The van der Waals surface area contributed by atoms with Crippen LogP contribution >= 0.6 is 11.3 Å². The van der Waals surface area contributed by atoms with E-state index in [2.05, 4.69) is 20.3 Å². The van der Waals surface area contributed by atoms with Crippen LogP contribution < -0.4 is 5.32 Å². The predicted molar refractivity (Wildman–Crippen MR) is 109 cm³/mol. The maximum atomic E-state index is 12.9. The Morgan fingerprint density at radius 1 is 1.17 bits per heavy atom. The summed E-state index contributed by atoms with van der Waals surface area (Å²) in [7, 11) is 0. The molecule has 0 amide bonds. The minimum atomic E-state index is -4.54. The van der Waals surface area contributed by atoms with Gasteiger partial charge in [-0.3, -0.25) is 0 Å². The molecule has 0 aliphatic heterocycles. The van der Waals surface area contributed by atoms with Gasteiger partial charge in [0.25, 0.3) is 0 Å². The van der Waals surface area contributed by atoms with E-state index >= 15 is 0 Å². The van der Waals surface area contributed by atoms with Crippen LogP contribution in [-0.4, -0.2) is 20.1 Å². The number of benzene rings is 1. The van der Waals surface area contributed by atoms with Gasteiger partial charge in [-0.25, -0.2) is 15.0 Å². The van der Waals surface area contributed by atoms with E-state index in [-0.39, 0.29) is 5.95 Å². The molecule has 9 heteroatoms. The first-order valence-corrected chi connectivity index (χ1v) is 10.4. The van der Waals surface area contributed by atoms with Crippen LogP contribution in [0.1, 0.15) is 41.9 Å². The average molecular weight is 433 g/mol. The van der Waals surface area contributed by atoms with Gasteiger partial charge in [-0.2, -0.15) is 13.2 Å². The molecule has 1 fully saturated rings. The molecular weight excluding hydrogens is 413 g/mol. The number of halogens is 3. The molecule has 0 spiro atoms. The predicted octanol–water partition coefficient (Wildman–Crippen LogP) is 5.64. The minimum absolute atomic E-state index is 0.127. The number of aromatic nitrogens is 3. The fourth-order valence-electron chi connectivity index (χ4n) is 3.49. The zero-order chi connectivity index (χ0) is 21.4. The second kappa shape index (κ2) is 7.96. The molecule has 1 aliphatic carbocycles. The monoisotopic (exact) mass is 433 g/mol. The first-order chi connectivity index (χ1) is 14.2. The third-order valence-electron chi connectivity index (χ3n) is 4.93. The molecule has 0 bridgehead atoms. The van der Waals surface area contributed by atoms with E-state index in [1.165, 1.54) is 11.3 Å². The minimum Gasteiger partial charge on any atom is -0.382 e. The number of anilines is 2. The molecule has 3 aromatic rings. The number of hydrogen-bond donors (Lipinski definition) is 2. The van der Waals surface area contributed by atoms with Crippen molar-refractivity contribution in [3.05, 3.63) is 59.3 Å². The van der Waals surface area contributed by atoms with Gasteiger partial charge >= 0.3 is 6.18 Å². The molecule has 5 nitrogen and oxygen atoms in total. The van der Waals surface area contributed by atoms with E-state index in [0.29, 0.717) is 17.1 Å². The maximum absolute atomic E-state index is 12.9. The molecule has 30 heavy (non-hydrogen) atoms. The van der Waals surface area contributed by atoms with Crippen molar-refractivity contribution in [1.82, 2.24) is 15.0 Å². The van der Waals surface area contributed by atoms with Gasteiger partial charge in [0, 0.05) is 24.5 Å². The van der Waals surface area contributed by atoms with Crippen molar-refractivity contribution >= 4 is 23.0 Å². The van der Waals surface area contributed by atoms with E-state index in [1.807, 2.05) is 25.5 Å². The lowest BCUT2D eigenvalue weighted by Gasteiger charge is -2.29. The molecule has 2 N–H and O–H groups in total. The number of thiazole rings is 1. The van der Waals surface area contributed by atoms with Crippen molar-refractivity contribution in [1.29, 1.82) is 0 Å². The van der Waals surface area contributed by atoms with E-state index in [4.69, 9.17) is 0 Å². The van der Waals surface area contributed by atoms with Gasteiger partial charge in [-0.15, -0.1) is 11.3 Å². The van der Waals surface area contributed by atoms with Crippen molar-refractivity contribution in [3.63, 3.8) is 0 Å². The molecule has 1 aromatic carbocycles. The van der Waals surface area contributed by atoms with Gasteiger partial charge in [0.1, 0.15) is 16.3 Å². The highest BCUT2D eigenvalue weighted by Crippen LogP contribution is 2.40. The molecule has 1 unspecified atom stereocenters. The SMILES string of the molecule is Cc1cc(Nc2nccc(C(F)(F)F)n2)cc(-c2cnc(C3(O)[CH]CCCC3)s2)c1. The molecule has 1 aliphatic rings. The van der Waals surface area contributed by atoms with Crippen LogP contribution in [0.4, 0.5) is 24.8 Å². The Bertz CT molecular complexity index is 1040. The topological polar surface area (TPSA) is 70.9 Å². The van der Waals surface area contributed by atoms with Gasteiger partial charge in [0.05, 0.1) is 4.88 Å². The van der Waals surface area contributed by atoms with Gasteiger partial charge in [0.15, 0.2) is 0 Å². The fourth-order valence-corrected chi connectivity index (χ4v) is 4.50. The average Bonchev–Trinajstić information content (AvgIpc) is 3.19. The Hall–Kier alpha value is -2.52. The number of nitrogens with zero attached hydrogens (tertiary/aromatic N) is 3. The lowest BCUT2D eigenvalue weighted by Crippen LogP contribution is -2.28. The van der Waals surface area contributed by atoms with Crippen LogP contribution in [0, 0.1) is 13.3 Å². The smallest absolute Gasteiger partial charge is 0.382 e. The highest BCUT2D eigenvalue weighted by molar-refractivity contribution is 7.15. The summed E-state index contributed by atoms with van der Waals surface area (Å²) in [6.07, 6.45) is 3.74. The summed E-state index contributed by atoms with van der Waals surface area (Å²) >= 11 is 1.42. The van der Waals surface area contributed by atoms with Crippen LogP contribution in [0.5, 0.6) is 0 Å². The molecule has 2 heterocycles. The quantitative estimate of drug-likeness (QED) is 0.557. The summed E-state index contributed by atoms with van der Waals surface area (Å²) in [6, 6.07) is 6.41. The number of rotatable bonds is 4. The molecule has 157 valence electrons. The Morgan fingerprint density at radius 2 is 2.00 bits per heavy atom. The van der Waals surface area contributed by atoms with Gasteiger partial charge in [0.2, 0.25) is 5.95 Å². The van der Waals surface area contributed by atoms with Crippen LogP contribution in [0.15, 0.2) is 36.7 Å². The lowest BCUT2D eigenvalue weighted by molar-refractivity contribution is -0.141. The van der Waals surface area contributed by atoms with Gasteiger partial charge < -0.3 is 10.4 Å². The number of hydrogen-bond acceptors (Lipinski definition) is 6. The number of aliphatic hydroxyl groups is 1. The normalized spacial score (nSPS) is 16.4. The zero-order valence-electron chi connectivity index (χ0n) is 16.2. The van der Waals surface area contributed by atoms with Crippen LogP contribution in [-0.2, 0) is 11.8 Å². The molecule has 2 aromatic heterocycles. The Kier molecular flexibility index (Phi) is 5.50. The van der Waals surface area contributed by atoms with E-state index < -0.39 is 17.5 Å². The third kappa shape index (κ3) is 4.46. The van der Waals surface area contributed by atoms with Gasteiger partial charge in [-0.05, 0) is 49.1 Å². The van der Waals surface area contributed by atoms with Crippen molar-refractivity contribution in [3.8, 4) is 10.4 Å². The molecule has 1 atom stereocenters. The Morgan fingerprint density at radius 3 is 2.73 bits per heavy atom. The molecule has 1 saturated carbocycles. The summed E-state index contributed by atoms with van der Waals surface area (Å²) in [5.41, 5.74) is 0.351. The Balaban J connectivity index is 1.60. The summed E-state index contributed by atoms with van der Waals surface area (Å²) in [6.45, 7) is 1.89. The Labute approximate surface area is 176 Å². The third-order valence-corrected chi connectivity index (χ3v) is 6.15. The maximum Gasteiger partial charge on any atom is 0.433 e. The van der Waals surface area contributed by atoms with E-state index in [9.17, 15) is 18.3 Å². The summed E-state index contributed by atoms with van der Waals surface area (Å²) in [4.78, 5) is 12.7. The molecular formula is C21H20F3N4OS. The van der Waals surface area contributed by atoms with Crippen LogP contribution in [0.25, 0.3) is 10.4 Å². The first kappa shape index (κ1) is 20.7. The van der Waals surface area contributed by atoms with Gasteiger partial charge in [-0.1, -0.05) is 18.9 Å². The highest BCUT2D eigenvalue weighted by Gasteiger charge is 2.35. The van der Waals surface area contributed by atoms with E-state index in [1.54, 1.807) is 12.3 Å². The largest absolute Gasteiger partial charge is 0.433 e. The number of aryl methyl sites for hydroxylation is 1. The van der Waals surface area contributed by atoms with Crippen LogP contribution in [0.3, 0.4) is 0 Å². The zero-order valence-corrected chi connectivity index (χ0v) is 17.0. The highest BCUT2D eigenvalue weighted by atomic mass is 32.1. The first-order valence-electron chi connectivity index (χ1n) is 9.55. The number of alkyl halides is 3. The standard InChI is InChI=1S/C21H20F3N4OS/c1-13-9-14(16-12-26-18(30-16)20(29)6-3-2-4-7-20)11-15(10-13)27-19-25-8-5-17(28-19)21(22,23)24/h5-6,8-12,29H,2-4,7H2,1H3,(H,25,27,28). The summed E-state index contributed by atoms with van der Waals surface area (Å²) < 4.78 is 38.7. The van der Waals surface area contributed by atoms with Crippen LogP contribution in [0.2, 0.25) is 0 Å². The second-order valence-corrected chi connectivity index (χ2v) is 8.41. The summed E-state index contributed by atoms with van der Waals surface area (Å²) in [5, 5.41) is 14.4. The molecule has 1 radical (unpaired) electrons. The van der Waals surface area contributed by atoms with Crippen molar-refractivity contribution in [2.75, 3.05) is 5.32 Å². The van der Waals surface area contributed by atoms with Crippen molar-refractivity contribution in [2.45, 2.75) is 44.4 Å². The van der Waals surface area contributed by atoms with E-state index in [0.717, 1.165) is 47.5 Å². The lowest BCUT2D eigenvalue weighted by atomic mass is 9.85. The molecule has 0 saturated heterocycles. The second-order valence-electron chi connectivity index (χ2n) is 7.38. The van der Waals surface area contributed by atoms with Crippen molar-refractivity contribution in [2.24, 2.45) is 0 Å². The number of nitrogens with one attached hydrogen (secondary N) is 1. The molecule has 4 rings (SSSR count).